The largest absolute Gasteiger partial charge is 0.506 e. The van der Waals surface area contributed by atoms with Gasteiger partial charge in [0.25, 0.3) is 5.91 Å². The van der Waals surface area contributed by atoms with Gasteiger partial charge >= 0.3 is 5.97 Å². The fourth-order valence-electron chi connectivity index (χ4n) is 4.22. The molecule has 2 aromatic rings. The maximum absolute atomic E-state index is 13.2. The van der Waals surface area contributed by atoms with Crippen LogP contribution in [0.25, 0.3) is 11.1 Å². The Bertz CT molecular complexity index is 1030. The molecule has 0 spiro atoms. The molecular weight excluding hydrogens is 394 g/mol. The van der Waals surface area contributed by atoms with Crippen molar-refractivity contribution in [1.82, 2.24) is 4.90 Å². The molecule has 2 N–H and O–H groups in total. The molecule has 0 radical (unpaired) electrons. The number of carboxylic acids is 1. The molecule has 166 valence electrons. The lowest BCUT2D eigenvalue weighted by molar-refractivity contribution is -0.137. The van der Waals surface area contributed by atoms with E-state index in [-0.39, 0.29) is 11.3 Å². The van der Waals surface area contributed by atoms with Gasteiger partial charge in [0.1, 0.15) is 23.6 Å². The van der Waals surface area contributed by atoms with Crippen LogP contribution in [0.3, 0.4) is 0 Å². The number of aryl methyl sites for hydroxylation is 2. The second-order valence-corrected chi connectivity index (χ2v) is 8.81. The standard InChI is InChI=1S/C25H31NO5/c1-6-7-8-9-16-13-19-22(23(29)21(16)24(30)26(5)14-20(27)28)17-12-15(2)10-11-18(17)25(3,4)31-19/h10-13,29H,6-9,14H2,1-5H3,(H,27,28). The fourth-order valence-corrected chi connectivity index (χ4v) is 4.22. The first kappa shape index (κ1) is 22.7. The third kappa shape index (κ3) is 4.38. The Morgan fingerprint density at radius 3 is 2.52 bits per heavy atom. The lowest BCUT2D eigenvalue weighted by Gasteiger charge is -2.36. The Balaban J connectivity index is 2.23. The number of benzene rings is 2. The number of phenols is 1. The van der Waals surface area contributed by atoms with Gasteiger partial charge in [-0.15, -0.1) is 0 Å². The van der Waals surface area contributed by atoms with Crippen molar-refractivity contribution < 1.29 is 24.5 Å². The molecule has 0 bridgehead atoms. The summed E-state index contributed by atoms with van der Waals surface area (Å²) < 4.78 is 6.29. The molecule has 0 fully saturated rings. The molecule has 1 heterocycles. The molecule has 31 heavy (non-hydrogen) atoms. The van der Waals surface area contributed by atoms with Crippen LogP contribution in [0.5, 0.6) is 11.5 Å². The van der Waals surface area contributed by atoms with E-state index in [2.05, 4.69) is 6.92 Å². The highest BCUT2D eigenvalue weighted by atomic mass is 16.5. The second kappa shape index (κ2) is 8.61. The van der Waals surface area contributed by atoms with E-state index in [4.69, 9.17) is 9.84 Å². The van der Waals surface area contributed by atoms with Crippen LogP contribution >= 0.6 is 0 Å². The van der Waals surface area contributed by atoms with Crippen LogP contribution in [0, 0.1) is 6.92 Å². The van der Waals surface area contributed by atoms with Crippen molar-refractivity contribution in [3.05, 3.63) is 46.5 Å². The second-order valence-electron chi connectivity index (χ2n) is 8.81. The third-order valence-electron chi connectivity index (χ3n) is 5.79. The van der Waals surface area contributed by atoms with Crippen LogP contribution in [0.4, 0.5) is 0 Å². The van der Waals surface area contributed by atoms with Crippen molar-refractivity contribution in [2.45, 2.75) is 59.0 Å². The number of phenolic OH excluding ortho intramolecular Hbond substituents is 1. The van der Waals surface area contributed by atoms with Gasteiger partial charge in [0, 0.05) is 12.6 Å². The van der Waals surface area contributed by atoms with Gasteiger partial charge in [0.05, 0.1) is 11.1 Å². The summed E-state index contributed by atoms with van der Waals surface area (Å²) in [5.74, 6) is -1.21. The zero-order valence-corrected chi connectivity index (χ0v) is 18.9. The van der Waals surface area contributed by atoms with Gasteiger partial charge in [-0.3, -0.25) is 9.59 Å². The summed E-state index contributed by atoms with van der Waals surface area (Å²) in [7, 11) is 1.43. The van der Waals surface area contributed by atoms with E-state index in [1.54, 1.807) is 0 Å². The molecule has 0 unspecified atom stereocenters. The number of carboxylic acid groups (broad SMARTS) is 1. The summed E-state index contributed by atoms with van der Waals surface area (Å²) in [6.07, 6.45) is 3.47. The first-order valence-electron chi connectivity index (χ1n) is 10.7. The number of carbonyl (C=O) groups is 2. The maximum Gasteiger partial charge on any atom is 0.323 e. The summed E-state index contributed by atoms with van der Waals surface area (Å²) in [4.78, 5) is 25.5. The van der Waals surface area contributed by atoms with Gasteiger partial charge in [-0.2, -0.15) is 0 Å². The molecule has 0 saturated heterocycles. The molecule has 6 heteroatoms. The third-order valence-corrected chi connectivity index (χ3v) is 5.79. The van der Waals surface area contributed by atoms with Gasteiger partial charge in [-0.25, -0.2) is 0 Å². The van der Waals surface area contributed by atoms with E-state index in [0.29, 0.717) is 23.3 Å². The van der Waals surface area contributed by atoms with Crippen LogP contribution in [0.15, 0.2) is 24.3 Å². The highest BCUT2D eigenvalue weighted by Gasteiger charge is 2.37. The SMILES string of the molecule is CCCCCc1cc2c(c(O)c1C(=O)N(C)CC(=O)O)-c1cc(C)ccc1C(C)(C)O2. The minimum absolute atomic E-state index is 0.145. The molecule has 1 amide bonds. The van der Waals surface area contributed by atoms with E-state index in [1.165, 1.54) is 7.05 Å². The number of rotatable bonds is 7. The fraction of sp³-hybridized carbons (Fsp3) is 0.440. The van der Waals surface area contributed by atoms with Gasteiger partial charge in [0.2, 0.25) is 0 Å². The number of nitrogens with zero attached hydrogens (tertiary/aromatic N) is 1. The minimum Gasteiger partial charge on any atom is -0.506 e. The molecule has 6 nitrogen and oxygen atoms in total. The van der Waals surface area contributed by atoms with Crippen LogP contribution in [0.1, 0.15) is 67.1 Å². The highest BCUT2D eigenvalue weighted by Crippen LogP contribution is 2.51. The molecular formula is C25H31NO5. The summed E-state index contributed by atoms with van der Waals surface area (Å²) in [5.41, 5.74) is 3.53. The van der Waals surface area contributed by atoms with Gasteiger partial charge in [-0.05, 0) is 50.8 Å². The minimum atomic E-state index is -1.10. The van der Waals surface area contributed by atoms with Gasteiger partial charge in [0.15, 0.2) is 0 Å². The van der Waals surface area contributed by atoms with Crippen molar-refractivity contribution >= 4 is 11.9 Å². The lowest BCUT2D eigenvalue weighted by Crippen LogP contribution is -2.33. The number of likely N-dealkylation sites (N-methyl/N-ethyl adjacent to an activating group) is 1. The molecule has 1 aliphatic heterocycles. The van der Waals surface area contributed by atoms with Gasteiger partial charge < -0.3 is 19.8 Å². The Kier molecular flexibility index (Phi) is 6.30. The van der Waals surface area contributed by atoms with E-state index in [9.17, 15) is 14.7 Å². The first-order chi connectivity index (χ1) is 14.6. The van der Waals surface area contributed by atoms with Crippen LogP contribution in [0.2, 0.25) is 0 Å². The van der Waals surface area contributed by atoms with Crippen molar-refractivity contribution in [1.29, 1.82) is 0 Å². The molecule has 0 saturated carbocycles. The van der Waals surface area contributed by atoms with Crippen molar-refractivity contribution in [2.75, 3.05) is 13.6 Å². The zero-order valence-electron chi connectivity index (χ0n) is 18.9. The number of carbonyl (C=O) groups excluding carboxylic acids is 1. The molecule has 0 aromatic heterocycles. The zero-order chi connectivity index (χ0) is 22.9. The number of ether oxygens (including phenoxy) is 1. The van der Waals surface area contributed by atoms with E-state index >= 15 is 0 Å². The highest BCUT2D eigenvalue weighted by molar-refractivity contribution is 6.03. The van der Waals surface area contributed by atoms with Gasteiger partial charge in [-0.1, -0.05) is 43.5 Å². The smallest absolute Gasteiger partial charge is 0.323 e. The number of aromatic hydroxyl groups is 1. The predicted octanol–water partition coefficient (Wildman–Crippen LogP) is 4.88. The average Bonchev–Trinajstić information content (AvgIpc) is 2.66. The van der Waals surface area contributed by atoms with Crippen LogP contribution in [-0.4, -0.2) is 40.6 Å². The molecule has 1 aliphatic rings. The quantitative estimate of drug-likeness (QED) is 0.617. The van der Waals surface area contributed by atoms with Crippen LogP contribution in [-0.2, 0) is 16.8 Å². The van der Waals surface area contributed by atoms with E-state index in [1.807, 2.05) is 45.0 Å². The van der Waals surface area contributed by atoms with Crippen molar-refractivity contribution in [3.63, 3.8) is 0 Å². The predicted molar refractivity (Wildman–Crippen MR) is 120 cm³/mol. The summed E-state index contributed by atoms with van der Waals surface area (Å²) in [6, 6.07) is 7.82. The number of hydrogen-bond acceptors (Lipinski definition) is 4. The maximum atomic E-state index is 13.2. The van der Waals surface area contributed by atoms with E-state index < -0.39 is 24.0 Å². The summed E-state index contributed by atoms with van der Waals surface area (Å²) >= 11 is 0. The molecule has 0 aliphatic carbocycles. The average molecular weight is 426 g/mol. The van der Waals surface area contributed by atoms with Crippen LogP contribution < -0.4 is 4.74 Å². The lowest BCUT2D eigenvalue weighted by atomic mass is 9.83. The normalized spacial score (nSPS) is 13.7. The Morgan fingerprint density at radius 1 is 1.16 bits per heavy atom. The van der Waals surface area contributed by atoms with Crippen molar-refractivity contribution in [2.24, 2.45) is 0 Å². The number of fused-ring (bicyclic) bond motifs is 3. The number of hydrogen-bond donors (Lipinski definition) is 2. The monoisotopic (exact) mass is 425 g/mol. The topological polar surface area (TPSA) is 87.1 Å². The Labute approximate surface area is 183 Å². The molecule has 2 aromatic carbocycles. The summed E-state index contributed by atoms with van der Waals surface area (Å²) in [5, 5.41) is 20.5. The first-order valence-corrected chi connectivity index (χ1v) is 10.7. The Morgan fingerprint density at radius 2 is 1.87 bits per heavy atom. The summed E-state index contributed by atoms with van der Waals surface area (Å²) in [6.45, 7) is 7.60. The number of unbranched alkanes of at least 4 members (excludes halogenated alkanes) is 2. The Hall–Kier alpha value is -3.02. The molecule has 0 atom stereocenters. The van der Waals surface area contributed by atoms with Crippen molar-refractivity contribution in [3.8, 4) is 22.6 Å². The van der Waals surface area contributed by atoms with E-state index in [0.717, 1.165) is 40.9 Å². The molecule has 3 rings (SSSR count). The number of aliphatic carboxylic acids is 1. The number of amides is 1.